The molecule has 0 saturated carbocycles. The van der Waals surface area contributed by atoms with Crippen LogP contribution in [0.3, 0.4) is 0 Å². The number of hydrogen-bond donors (Lipinski definition) is 3. The molecule has 1 aliphatic rings. The van der Waals surface area contributed by atoms with Crippen molar-refractivity contribution in [3.63, 3.8) is 0 Å². The van der Waals surface area contributed by atoms with Gasteiger partial charge in [0.15, 0.2) is 0 Å². The lowest BCUT2D eigenvalue weighted by Crippen LogP contribution is -2.32. The molecule has 35 heavy (non-hydrogen) atoms. The van der Waals surface area contributed by atoms with Crippen molar-refractivity contribution in [3.8, 4) is 11.1 Å². The number of ether oxygens (including phenoxy) is 1. The first-order valence-corrected chi connectivity index (χ1v) is 11.7. The predicted molar refractivity (Wildman–Crippen MR) is 132 cm³/mol. The van der Waals surface area contributed by atoms with E-state index in [2.05, 4.69) is 34.9 Å². The number of carboxylic acid groups (broad SMARTS) is 1. The molecule has 3 aromatic rings. The smallest absolute Gasteiger partial charge is 0.407 e. The summed E-state index contributed by atoms with van der Waals surface area (Å²) in [5, 5.41) is 14.2. The average molecular weight is 473 g/mol. The van der Waals surface area contributed by atoms with Crippen LogP contribution in [0.25, 0.3) is 11.1 Å². The second-order valence-electron chi connectivity index (χ2n) is 8.47. The number of aliphatic carboxylic acids is 1. The fraction of sp³-hybridized carbons (Fsp3) is 0.250. The maximum absolute atomic E-state index is 12.8. The number of carbonyl (C=O) groups excluding carboxylic acids is 2. The normalized spacial score (nSPS) is 12.8. The van der Waals surface area contributed by atoms with E-state index in [1.165, 1.54) is 0 Å². The highest BCUT2D eigenvalue weighted by Crippen LogP contribution is 2.44. The second-order valence-corrected chi connectivity index (χ2v) is 8.47. The summed E-state index contributed by atoms with van der Waals surface area (Å²) in [6.45, 7) is 0.279. The van der Waals surface area contributed by atoms with Crippen molar-refractivity contribution in [1.29, 1.82) is 0 Å². The molecule has 1 atom stereocenters. The zero-order chi connectivity index (χ0) is 24.6. The minimum absolute atomic E-state index is 0.0386. The number of amides is 2. The number of fused-ring (bicyclic) bond motifs is 3. The Bertz CT molecular complexity index is 1150. The molecule has 0 radical (unpaired) electrons. The van der Waals surface area contributed by atoms with E-state index in [4.69, 9.17) is 9.84 Å². The van der Waals surface area contributed by atoms with Crippen LogP contribution in [0.4, 0.5) is 4.79 Å². The van der Waals surface area contributed by atoms with Crippen molar-refractivity contribution >= 4 is 18.0 Å². The van der Waals surface area contributed by atoms with E-state index in [0.29, 0.717) is 6.42 Å². The predicted octanol–water partition coefficient (Wildman–Crippen LogP) is 4.64. The van der Waals surface area contributed by atoms with E-state index in [0.717, 1.165) is 27.8 Å². The molecule has 2 amide bonds. The molecule has 180 valence electrons. The molecule has 0 spiro atoms. The number of benzene rings is 3. The van der Waals surface area contributed by atoms with E-state index in [1.807, 2.05) is 54.6 Å². The Labute approximate surface area is 204 Å². The minimum Gasteiger partial charge on any atom is -0.481 e. The van der Waals surface area contributed by atoms with Crippen LogP contribution in [-0.4, -0.2) is 36.2 Å². The third kappa shape index (κ3) is 6.06. The summed E-state index contributed by atoms with van der Waals surface area (Å²) in [5.41, 5.74) is 5.46. The summed E-state index contributed by atoms with van der Waals surface area (Å²) in [6, 6.07) is 25.3. The van der Waals surface area contributed by atoms with Gasteiger partial charge >= 0.3 is 12.1 Å². The number of rotatable bonds is 10. The lowest BCUT2D eigenvalue weighted by atomic mass is 9.98. The maximum Gasteiger partial charge on any atom is 0.407 e. The van der Waals surface area contributed by atoms with E-state index in [1.54, 1.807) is 0 Å². The van der Waals surface area contributed by atoms with Crippen molar-refractivity contribution in [2.45, 2.75) is 31.2 Å². The van der Waals surface area contributed by atoms with Gasteiger partial charge in [0.2, 0.25) is 5.91 Å². The van der Waals surface area contributed by atoms with E-state index in [-0.39, 0.29) is 37.8 Å². The molecular formula is C28H28N2O5. The van der Waals surface area contributed by atoms with Crippen LogP contribution in [0.1, 0.15) is 47.9 Å². The zero-order valence-electron chi connectivity index (χ0n) is 19.3. The van der Waals surface area contributed by atoms with Crippen LogP contribution in [0.5, 0.6) is 0 Å². The second kappa shape index (κ2) is 11.3. The summed E-state index contributed by atoms with van der Waals surface area (Å²) in [6.07, 6.45) is -0.186. The topological polar surface area (TPSA) is 105 Å². The van der Waals surface area contributed by atoms with Gasteiger partial charge in [-0.05, 0) is 34.2 Å². The van der Waals surface area contributed by atoms with Crippen molar-refractivity contribution in [2.24, 2.45) is 0 Å². The molecule has 7 heteroatoms. The zero-order valence-corrected chi connectivity index (χ0v) is 19.3. The Balaban J connectivity index is 1.38. The Kier molecular flexibility index (Phi) is 7.77. The first-order chi connectivity index (χ1) is 17.0. The molecule has 1 unspecified atom stereocenters. The minimum atomic E-state index is -0.968. The largest absolute Gasteiger partial charge is 0.481 e. The molecule has 0 aliphatic heterocycles. The molecule has 4 rings (SSSR count). The summed E-state index contributed by atoms with van der Waals surface area (Å²) < 4.78 is 5.67. The summed E-state index contributed by atoms with van der Waals surface area (Å²) in [7, 11) is 0. The van der Waals surface area contributed by atoms with Crippen molar-refractivity contribution in [3.05, 3.63) is 95.6 Å². The molecule has 1 aliphatic carbocycles. The van der Waals surface area contributed by atoms with Crippen LogP contribution >= 0.6 is 0 Å². The lowest BCUT2D eigenvalue weighted by Gasteiger charge is -2.20. The standard InChI is InChI=1S/C28H28N2O5/c31-26(29-17-16-27(32)33)15-14-25(19-8-2-1-3-9-19)30-28(34)35-18-24-22-12-6-4-10-20(22)21-11-5-7-13-23(21)24/h1-13,24-25H,14-18H2,(H,29,31)(H,30,34)(H,32,33). The number of nitrogens with one attached hydrogen (secondary N) is 2. The number of hydrogen-bond acceptors (Lipinski definition) is 4. The molecule has 7 nitrogen and oxygen atoms in total. The Morgan fingerprint density at radius 3 is 2.06 bits per heavy atom. The number of alkyl carbamates (subject to hydrolysis) is 1. The van der Waals surface area contributed by atoms with Crippen LogP contribution in [0, 0.1) is 0 Å². The fourth-order valence-electron chi connectivity index (χ4n) is 4.46. The summed E-state index contributed by atoms with van der Waals surface area (Å²) in [5.74, 6) is -1.27. The maximum atomic E-state index is 12.8. The van der Waals surface area contributed by atoms with Crippen LogP contribution < -0.4 is 10.6 Å². The highest BCUT2D eigenvalue weighted by Gasteiger charge is 2.29. The molecule has 0 fully saturated rings. The van der Waals surface area contributed by atoms with Gasteiger partial charge < -0.3 is 20.5 Å². The van der Waals surface area contributed by atoms with Crippen LogP contribution in [0.2, 0.25) is 0 Å². The molecule has 3 N–H and O–H groups in total. The summed E-state index contributed by atoms with van der Waals surface area (Å²) in [4.78, 5) is 35.6. The third-order valence-corrected chi connectivity index (χ3v) is 6.16. The van der Waals surface area contributed by atoms with Crippen LogP contribution in [-0.2, 0) is 14.3 Å². The van der Waals surface area contributed by atoms with Gasteiger partial charge in [-0.3, -0.25) is 9.59 Å². The summed E-state index contributed by atoms with van der Waals surface area (Å²) >= 11 is 0. The van der Waals surface area contributed by atoms with E-state index >= 15 is 0 Å². The number of carboxylic acids is 1. The van der Waals surface area contributed by atoms with Gasteiger partial charge in [0.05, 0.1) is 12.5 Å². The quantitative estimate of drug-likeness (QED) is 0.399. The molecular weight excluding hydrogens is 444 g/mol. The average Bonchev–Trinajstić information content (AvgIpc) is 3.19. The molecule has 0 heterocycles. The fourth-order valence-corrected chi connectivity index (χ4v) is 4.46. The van der Waals surface area contributed by atoms with Crippen LogP contribution in [0.15, 0.2) is 78.9 Å². The van der Waals surface area contributed by atoms with E-state index < -0.39 is 18.1 Å². The van der Waals surface area contributed by atoms with Gasteiger partial charge in [-0.1, -0.05) is 78.9 Å². The van der Waals surface area contributed by atoms with Gasteiger partial charge in [0, 0.05) is 18.9 Å². The monoisotopic (exact) mass is 472 g/mol. The highest BCUT2D eigenvalue weighted by atomic mass is 16.5. The van der Waals surface area contributed by atoms with Gasteiger partial charge in [-0.25, -0.2) is 4.79 Å². The Hall–Kier alpha value is -4.13. The lowest BCUT2D eigenvalue weighted by molar-refractivity contribution is -0.136. The molecule has 0 aromatic heterocycles. The van der Waals surface area contributed by atoms with Crippen molar-refractivity contribution in [1.82, 2.24) is 10.6 Å². The van der Waals surface area contributed by atoms with Gasteiger partial charge in [-0.15, -0.1) is 0 Å². The molecule has 0 bridgehead atoms. The Morgan fingerprint density at radius 2 is 1.43 bits per heavy atom. The van der Waals surface area contributed by atoms with E-state index in [9.17, 15) is 14.4 Å². The van der Waals surface area contributed by atoms with Gasteiger partial charge in [-0.2, -0.15) is 0 Å². The third-order valence-electron chi connectivity index (χ3n) is 6.16. The Morgan fingerprint density at radius 1 is 0.829 bits per heavy atom. The van der Waals surface area contributed by atoms with Crippen molar-refractivity contribution in [2.75, 3.05) is 13.2 Å². The SMILES string of the molecule is O=C(O)CCNC(=O)CCC(NC(=O)OCC1c2ccccc2-c2ccccc21)c1ccccc1. The molecule has 3 aromatic carbocycles. The van der Waals surface area contributed by atoms with Crippen molar-refractivity contribution < 1.29 is 24.2 Å². The molecule has 0 saturated heterocycles. The van der Waals surface area contributed by atoms with Gasteiger partial charge in [0.25, 0.3) is 0 Å². The number of carbonyl (C=O) groups is 3. The first kappa shape index (κ1) is 24.0. The highest BCUT2D eigenvalue weighted by molar-refractivity contribution is 5.79. The first-order valence-electron chi connectivity index (χ1n) is 11.7. The van der Waals surface area contributed by atoms with Gasteiger partial charge in [0.1, 0.15) is 6.61 Å².